The van der Waals surface area contributed by atoms with Gasteiger partial charge in [0.2, 0.25) is 15.9 Å². The summed E-state index contributed by atoms with van der Waals surface area (Å²) in [6, 6.07) is 21.0. The highest BCUT2D eigenvalue weighted by Gasteiger charge is 2.43. The highest BCUT2D eigenvalue weighted by Crippen LogP contribution is 2.50. The Morgan fingerprint density at radius 1 is 1.04 bits per heavy atom. The van der Waals surface area contributed by atoms with E-state index in [2.05, 4.69) is 20.6 Å². The second kappa shape index (κ2) is 13.0. The topological polar surface area (TPSA) is 131 Å². The number of rotatable bonds is 12. The van der Waals surface area contributed by atoms with Crippen LogP contribution >= 0.6 is 0 Å². The molecule has 0 radical (unpaired) electrons. The molecule has 0 unspecified atom stereocenters. The Labute approximate surface area is 287 Å². The molecule has 7 rings (SSSR count). The molecule has 2 saturated carbocycles. The van der Waals surface area contributed by atoms with Crippen molar-refractivity contribution < 1.29 is 26.7 Å². The lowest BCUT2D eigenvalue weighted by Crippen LogP contribution is -2.33. The molecular formula is C37H30F2N6O4S. The number of carbonyl (C=O) groups excluding carboxylic acids is 1. The summed E-state index contributed by atoms with van der Waals surface area (Å²) in [5, 5.41) is 8.93. The number of hydrogen-bond acceptors (Lipinski definition) is 7. The van der Waals surface area contributed by atoms with Crippen LogP contribution in [0.15, 0.2) is 72.8 Å². The van der Waals surface area contributed by atoms with Gasteiger partial charge in [-0.2, -0.15) is 5.26 Å². The summed E-state index contributed by atoms with van der Waals surface area (Å²) in [6.07, 6.45) is 3.21. The second-order valence-corrected chi connectivity index (χ2v) is 14.8. The average Bonchev–Trinajstić information content (AvgIpc) is 4.04. The van der Waals surface area contributed by atoms with Crippen molar-refractivity contribution in [3.8, 4) is 23.2 Å². The molecular weight excluding hydrogens is 663 g/mol. The van der Waals surface area contributed by atoms with E-state index in [1.807, 2.05) is 4.57 Å². The molecule has 3 aromatic carbocycles. The van der Waals surface area contributed by atoms with E-state index in [1.165, 1.54) is 24.3 Å². The molecule has 2 aliphatic carbocycles. The number of benzene rings is 3. The van der Waals surface area contributed by atoms with Gasteiger partial charge in [-0.05, 0) is 67.6 Å². The number of sulfonamides is 1. The highest BCUT2D eigenvalue weighted by molar-refractivity contribution is 7.91. The number of nitriles is 1. The summed E-state index contributed by atoms with van der Waals surface area (Å²) in [5.41, 5.74) is 2.86. The minimum atomic E-state index is -3.74. The number of amides is 1. The van der Waals surface area contributed by atoms with E-state index in [0.29, 0.717) is 59.5 Å². The Kier molecular flexibility index (Phi) is 8.54. The van der Waals surface area contributed by atoms with E-state index in [-0.39, 0.29) is 41.1 Å². The van der Waals surface area contributed by atoms with E-state index in [0.717, 1.165) is 18.9 Å². The third-order valence-corrected chi connectivity index (χ3v) is 11.0. The molecule has 2 aliphatic rings. The molecule has 0 saturated heterocycles. The lowest BCUT2D eigenvalue weighted by Gasteiger charge is -2.16. The number of pyridine rings is 1. The maximum absolute atomic E-state index is 15.7. The van der Waals surface area contributed by atoms with Crippen LogP contribution in [0.2, 0.25) is 0 Å². The van der Waals surface area contributed by atoms with Crippen molar-refractivity contribution in [2.75, 3.05) is 0 Å². The van der Waals surface area contributed by atoms with E-state index in [9.17, 15) is 22.9 Å². The number of nitrogens with zero attached hydrogens (tertiary/aromatic N) is 5. The largest absolute Gasteiger partial charge is 0.473 e. The number of carbonyl (C=O) groups is 1. The molecule has 0 atom stereocenters. The number of nitrogens with one attached hydrogen (secondary N) is 1. The molecule has 2 aromatic heterocycles. The number of aromatic nitrogens is 3. The van der Waals surface area contributed by atoms with Gasteiger partial charge in [-0.25, -0.2) is 36.7 Å². The molecule has 1 N–H and O–H groups in total. The normalized spacial score (nSPS) is 14.9. The first-order chi connectivity index (χ1) is 24.1. The van der Waals surface area contributed by atoms with Crippen molar-refractivity contribution in [3.63, 3.8) is 0 Å². The minimum Gasteiger partial charge on any atom is -0.473 e. The third-order valence-electron chi connectivity index (χ3n) is 9.15. The van der Waals surface area contributed by atoms with Crippen LogP contribution in [-0.2, 0) is 29.6 Å². The van der Waals surface area contributed by atoms with Crippen LogP contribution in [-0.4, -0.2) is 34.1 Å². The van der Waals surface area contributed by atoms with Gasteiger partial charge in [0.1, 0.15) is 24.1 Å². The van der Waals surface area contributed by atoms with Crippen LogP contribution in [0.4, 0.5) is 14.5 Å². The monoisotopic (exact) mass is 692 g/mol. The maximum Gasteiger partial charge on any atom is 0.264 e. The van der Waals surface area contributed by atoms with Gasteiger partial charge in [0.05, 0.1) is 34.6 Å². The third kappa shape index (κ3) is 6.91. The lowest BCUT2D eigenvalue weighted by molar-refractivity contribution is 0.0981. The maximum atomic E-state index is 15.7. The van der Waals surface area contributed by atoms with Gasteiger partial charge < -0.3 is 9.30 Å². The Morgan fingerprint density at radius 2 is 1.82 bits per heavy atom. The minimum absolute atomic E-state index is 0.101. The predicted molar refractivity (Wildman–Crippen MR) is 180 cm³/mol. The first-order valence-electron chi connectivity index (χ1n) is 16.0. The predicted octanol–water partition coefficient (Wildman–Crippen LogP) is 7.01. The summed E-state index contributed by atoms with van der Waals surface area (Å²) in [4.78, 5) is 25.4. The molecule has 0 aliphatic heterocycles. The molecule has 50 heavy (non-hydrogen) atoms. The smallest absolute Gasteiger partial charge is 0.264 e. The van der Waals surface area contributed by atoms with Crippen LogP contribution in [0.3, 0.4) is 0 Å². The fourth-order valence-corrected chi connectivity index (χ4v) is 7.20. The van der Waals surface area contributed by atoms with E-state index in [1.54, 1.807) is 42.5 Å². The van der Waals surface area contributed by atoms with Crippen molar-refractivity contribution in [3.05, 3.63) is 118 Å². The van der Waals surface area contributed by atoms with Gasteiger partial charge in [0.25, 0.3) is 5.91 Å². The summed E-state index contributed by atoms with van der Waals surface area (Å²) in [6.45, 7) is 7.36. The first-order valence-corrected chi connectivity index (χ1v) is 17.6. The number of halogens is 2. The van der Waals surface area contributed by atoms with Crippen LogP contribution in [0.1, 0.15) is 59.4 Å². The lowest BCUT2D eigenvalue weighted by atomic mass is 10.0. The molecule has 0 spiro atoms. The molecule has 0 bridgehead atoms. The zero-order valence-corrected chi connectivity index (χ0v) is 27.5. The fourth-order valence-electron chi connectivity index (χ4n) is 5.90. The standard InChI is InChI=1S/C37H30F2N6O4S/c1-41-27-9-7-26(30(39)20-27)21-49-35-4-2-3-31(43-35)24-6-5-23(29(38)17-24)19-34-42-32-12-8-25(36(46)44-50(47,48)28-10-11-28)18-33(32)45(34)22-37(13-14-37)15-16-40/h2-9,12,17-18,20,28H,10-11,13-15,19,21-22H2,(H,44,46). The Morgan fingerprint density at radius 3 is 2.52 bits per heavy atom. The van der Waals surface area contributed by atoms with E-state index in [4.69, 9.17) is 16.3 Å². The summed E-state index contributed by atoms with van der Waals surface area (Å²) in [5.74, 6) is -0.996. The molecule has 5 aromatic rings. The van der Waals surface area contributed by atoms with Gasteiger partial charge in [-0.1, -0.05) is 30.3 Å². The molecule has 1 amide bonds. The average molecular weight is 693 g/mol. The number of fused-ring (bicyclic) bond motifs is 1. The van der Waals surface area contributed by atoms with Gasteiger partial charge in [0.15, 0.2) is 5.69 Å². The Balaban J connectivity index is 1.14. The Bertz CT molecular complexity index is 2350. The highest BCUT2D eigenvalue weighted by atomic mass is 32.2. The first kappa shape index (κ1) is 32.9. The number of hydrogen-bond donors (Lipinski definition) is 1. The molecule has 13 heteroatoms. The van der Waals surface area contributed by atoms with Crippen molar-refractivity contribution in [1.29, 1.82) is 5.26 Å². The zero-order valence-electron chi connectivity index (χ0n) is 26.7. The van der Waals surface area contributed by atoms with Crippen LogP contribution < -0.4 is 9.46 Å². The molecule has 252 valence electrons. The summed E-state index contributed by atoms with van der Waals surface area (Å²) >= 11 is 0. The summed E-state index contributed by atoms with van der Waals surface area (Å²) < 4.78 is 64.7. The van der Waals surface area contributed by atoms with Gasteiger partial charge in [-0.3, -0.25) is 4.79 Å². The number of imidazole rings is 1. The fraction of sp³-hybridized carbons (Fsp3) is 0.270. The van der Waals surface area contributed by atoms with E-state index >= 15 is 4.39 Å². The SMILES string of the molecule is [C-]#[N+]c1ccc(COc2cccc(-c3ccc(Cc4nc5ccc(C(=O)NS(=O)(=O)C6CC6)cc5n4CC4(CC#N)CC4)c(F)c3)n2)c(F)c1. The van der Waals surface area contributed by atoms with E-state index < -0.39 is 32.8 Å². The van der Waals surface area contributed by atoms with Gasteiger partial charge >= 0.3 is 0 Å². The van der Waals surface area contributed by atoms with Crippen molar-refractivity contribution in [2.45, 2.75) is 56.9 Å². The summed E-state index contributed by atoms with van der Waals surface area (Å²) in [7, 11) is -3.74. The number of ether oxygens (including phenoxy) is 1. The van der Waals surface area contributed by atoms with Crippen molar-refractivity contribution in [2.24, 2.45) is 5.41 Å². The second-order valence-electron chi connectivity index (χ2n) is 12.8. The quantitative estimate of drug-likeness (QED) is 0.139. The molecule has 2 fully saturated rings. The van der Waals surface area contributed by atoms with Gasteiger partial charge in [-0.15, -0.1) is 0 Å². The van der Waals surface area contributed by atoms with Crippen molar-refractivity contribution >= 4 is 32.7 Å². The van der Waals surface area contributed by atoms with Crippen LogP contribution in [0.5, 0.6) is 5.88 Å². The van der Waals surface area contributed by atoms with Gasteiger partial charge in [0, 0.05) is 47.6 Å². The molecule has 2 heterocycles. The van der Waals surface area contributed by atoms with Crippen LogP contribution in [0.25, 0.3) is 27.1 Å². The van der Waals surface area contributed by atoms with Crippen LogP contribution in [0, 0.1) is 35.0 Å². The molecule has 10 nitrogen and oxygen atoms in total. The Hall–Kier alpha value is -5.66. The zero-order chi connectivity index (χ0) is 35.0. The van der Waals surface area contributed by atoms with Crippen molar-refractivity contribution in [1.82, 2.24) is 19.3 Å².